The third-order valence-corrected chi connectivity index (χ3v) is 4.55. The van der Waals surface area contributed by atoms with Crippen LogP contribution in [0.5, 0.6) is 5.75 Å². The minimum atomic E-state index is -0.157. The fourth-order valence-electron chi connectivity index (χ4n) is 3.02. The van der Waals surface area contributed by atoms with Crippen LogP contribution in [0.3, 0.4) is 0 Å². The van der Waals surface area contributed by atoms with Gasteiger partial charge in [-0.2, -0.15) is 0 Å². The lowest BCUT2D eigenvalue weighted by Crippen LogP contribution is -2.42. The number of hydrogen-bond acceptors (Lipinski definition) is 3. The highest BCUT2D eigenvalue weighted by atomic mass is 16.5. The fraction of sp³-hybridized carbons (Fsp3) is 0.300. The first-order valence-corrected chi connectivity index (χ1v) is 8.61. The highest BCUT2D eigenvalue weighted by Crippen LogP contribution is 2.30. The number of hydrogen-bond donors (Lipinski definition) is 2. The second kappa shape index (κ2) is 6.59. The van der Waals surface area contributed by atoms with Gasteiger partial charge in [0.1, 0.15) is 12.4 Å². The summed E-state index contributed by atoms with van der Waals surface area (Å²) in [5.41, 5.74) is 2.30. The molecule has 5 nitrogen and oxygen atoms in total. The van der Waals surface area contributed by atoms with Crippen LogP contribution in [0.4, 0.5) is 5.69 Å². The Kier molecular flexibility index (Phi) is 4.14. The molecule has 2 aromatic carbocycles. The molecule has 1 fully saturated rings. The number of anilines is 1. The number of amides is 2. The molecule has 0 spiro atoms. The van der Waals surface area contributed by atoms with Crippen LogP contribution in [0.2, 0.25) is 0 Å². The van der Waals surface area contributed by atoms with E-state index >= 15 is 0 Å². The molecule has 0 radical (unpaired) electrons. The van der Waals surface area contributed by atoms with Crippen LogP contribution in [0.1, 0.15) is 28.8 Å². The summed E-state index contributed by atoms with van der Waals surface area (Å²) in [5.74, 6) is 0.903. The number of ether oxygens (including phenoxy) is 1. The van der Waals surface area contributed by atoms with Crippen molar-refractivity contribution in [3.63, 3.8) is 0 Å². The number of fused-ring (bicyclic) bond motifs is 1. The lowest BCUT2D eigenvalue weighted by atomic mass is 10.0. The molecule has 0 bridgehead atoms. The van der Waals surface area contributed by atoms with E-state index in [4.69, 9.17) is 4.74 Å². The van der Waals surface area contributed by atoms with Crippen LogP contribution in [-0.2, 0) is 11.2 Å². The van der Waals surface area contributed by atoms with E-state index in [1.807, 2.05) is 24.3 Å². The minimum Gasteiger partial charge on any atom is -0.491 e. The number of benzene rings is 2. The van der Waals surface area contributed by atoms with Gasteiger partial charge in [-0.05, 0) is 49.1 Å². The highest BCUT2D eigenvalue weighted by Gasteiger charge is 2.29. The molecule has 2 amide bonds. The number of para-hydroxylation sites is 1. The zero-order valence-electron chi connectivity index (χ0n) is 13.8. The Morgan fingerprint density at radius 1 is 1.04 bits per heavy atom. The Bertz CT molecular complexity index is 814. The number of rotatable bonds is 4. The summed E-state index contributed by atoms with van der Waals surface area (Å²) in [5, 5.41) is 5.89. The first kappa shape index (κ1) is 15.7. The Balaban J connectivity index is 1.40. The van der Waals surface area contributed by atoms with E-state index in [1.165, 1.54) is 0 Å². The van der Waals surface area contributed by atoms with Gasteiger partial charge in [0.25, 0.3) is 5.91 Å². The largest absolute Gasteiger partial charge is 0.491 e. The molecule has 1 aliphatic carbocycles. The van der Waals surface area contributed by atoms with Gasteiger partial charge in [-0.15, -0.1) is 0 Å². The van der Waals surface area contributed by atoms with E-state index in [2.05, 4.69) is 10.6 Å². The molecular formula is C20H20N2O3. The lowest BCUT2D eigenvalue weighted by Gasteiger charge is -2.26. The van der Waals surface area contributed by atoms with E-state index in [0.717, 1.165) is 30.6 Å². The molecule has 4 rings (SSSR count). The molecule has 1 saturated carbocycles. The van der Waals surface area contributed by atoms with Crippen molar-refractivity contribution >= 4 is 17.5 Å². The average Bonchev–Trinajstić information content (AvgIpc) is 3.47. The normalized spacial score (nSPS) is 18.6. The van der Waals surface area contributed by atoms with Gasteiger partial charge in [-0.3, -0.25) is 9.59 Å². The summed E-state index contributed by atoms with van der Waals surface area (Å²) in [6.07, 6.45) is 2.66. The van der Waals surface area contributed by atoms with Crippen LogP contribution in [0.25, 0.3) is 0 Å². The smallest absolute Gasteiger partial charge is 0.251 e. The lowest BCUT2D eigenvalue weighted by molar-refractivity contribution is -0.117. The van der Waals surface area contributed by atoms with Crippen molar-refractivity contribution in [2.45, 2.75) is 25.3 Å². The van der Waals surface area contributed by atoms with E-state index in [0.29, 0.717) is 17.9 Å². The zero-order chi connectivity index (χ0) is 17.2. The quantitative estimate of drug-likeness (QED) is 0.902. The van der Waals surface area contributed by atoms with Gasteiger partial charge in [-0.1, -0.05) is 24.3 Å². The third-order valence-electron chi connectivity index (χ3n) is 4.55. The van der Waals surface area contributed by atoms with Gasteiger partial charge < -0.3 is 15.4 Å². The van der Waals surface area contributed by atoms with Gasteiger partial charge >= 0.3 is 0 Å². The van der Waals surface area contributed by atoms with Crippen LogP contribution in [-0.4, -0.2) is 24.5 Å². The van der Waals surface area contributed by atoms with Gasteiger partial charge in [0.15, 0.2) is 0 Å². The Labute approximate surface area is 146 Å². The predicted octanol–water partition coefficient (Wildman–Crippen LogP) is 2.77. The first-order chi connectivity index (χ1) is 12.2. The molecule has 128 valence electrons. The third kappa shape index (κ3) is 3.65. The Morgan fingerprint density at radius 3 is 2.72 bits per heavy atom. The van der Waals surface area contributed by atoms with E-state index < -0.39 is 0 Å². The monoisotopic (exact) mass is 336 g/mol. The minimum absolute atomic E-state index is 0.0369. The molecular weight excluding hydrogens is 316 g/mol. The molecule has 2 aromatic rings. The van der Waals surface area contributed by atoms with E-state index in [9.17, 15) is 9.59 Å². The van der Waals surface area contributed by atoms with Crippen molar-refractivity contribution < 1.29 is 14.3 Å². The maximum Gasteiger partial charge on any atom is 0.251 e. The topological polar surface area (TPSA) is 67.4 Å². The Hall–Kier alpha value is -2.82. The SMILES string of the molecule is O=C(NC1COc2ccccc2C1)c1cccc(NC(=O)C2CC2)c1. The molecule has 1 unspecified atom stereocenters. The summed E-state index contributed by atoms with van der Waals surface area (Å²) in [6.45, 7) is 0.459. The molecule has 2 N–H and O–H groups in total. The standard InChI is InChI=1S/C20H20N2O3/c23-19(13-8-9-13)21-16-6-3-5-15(11-16)20(24)22-17-10-14-4-1-2-7-18(14)25-12-17/h1-7,11,13,17H,8-10,12H2,(H,21,23)(H,22,24). The van der Waals surface area contributed by atoms with Crippen LogP contribution in [0, 0.1) is 5.92 Å². The number of carbonyl (C=O) groups excluding carboxylic acids is 2. The maximum absolute atomic E-state index is 12.5. The van der Waals surface area contributed by atoms with Crippen molar-refractivity contribution in [3.8, 4) is 5.75 Å². The van der Waals surface area contributed by atoms with Crippen molar-refractivity contribution in [2.24, 2.45) is 5.92 Å². The van der Waals surface area contributed by atoms with Crippen LogP contribution < -0.4 is 15.4 Å². The zero-order valence-corrected chi connectivity index (χ0v) is 13.8. The van der Waals surface area contributed by atoms with Gasteiger partial charge in [0.05, 0.1) is 6.04 Å². The molecule has 0 aromatic heterocycles. The number of nitrogens with one attached hydrogen (secondary N) is 2. The molecule has 25 heavy (non-hydrogen) atoms. The second-order valence-corrected chi connectivity index (χ2v) is 6.64. The second-order valence-electron chi connectivity index (χ2n) is 6.64. The summed E-state index contributed by atoms with van der Waals surface area (Å²) < 4.78 is 5.71. The van der Waals surface area contributed by atoms with Gasteiger partial charge in [-0.25, -0.2) is 0 Å². The average molecular weight is 336 g/mol. The molecule has 2 aliphatic rings. The highest BCUT2D eigenvalue weighted by molar-refractivity contribution is 5.98. The van der Waals surface area contributed by atoms with Gasteiger partial charge in [0.2, 0.25) is 5.91 Å². The first-order valence-electron chi connectivity index (χ1n) is 8.61. The molecule has 1 atom stereocenters. The molecule has 1 aliphatic heterocycles. The number of carbonyl (C=O) groups is 2. The van der Waals surface area contributed by atoms with E-state index in [-0.39, 0.29) is 23.8 Å². The summed E-state index contributed by atoms with van der Waals surface area (Å²) in [6, 6.07) is 14.9. The van der Waals surface area contributed by atoms with Crippen LogP contribution >= 0.6 is 0 Å². The Morgan fingerprint density at radius 2 is 1.88 bits per heavy atom. The predicted molar refractivity (Wildman–Crippen MR) is 94.7 cm³/mol. The fourth-order valence-corrected chi connectivity index (χ4v) is 3.02. The maximum atomic E-state index is 12.5. The van der Waals surface area contributed by atoms with Gasteiger partial charge in [0, 0.05) is 17.2 Å². The van der Waals surface area contributed by atoms with Crippen molar-refractivity contribution in [3.05, 3.63) is 59.7 Å². The van der Waals surface area contributed by atoms with Crippen molar-refractivity contribution in [1.29, 1.82) is 0 Å². The molecule has 5 heteroatoms. The molecule has 0 saturated heterocycles. The molecule has 1 heterocycles. The van der Waals surface area contributed by atoms with E-state index in [1.54, 1.807) is 24.3 Å². The van der Waals surface area contributed by atoms with Crippen molar-refractivity contribution in [2.75, 3.05) is 11.9 Å². The summed E-state index contributed by atoms with van der Waals surface area (Å²) in [7, 11) is 0. The summed E-state index contributed by atoms with van der Waals surface area (Å²) >= 11 is 0. The van der Waals surface area contributed by atoms with Crippen molar-refractivity contribution in [1.82, 2.24) is 5.32 Å². The summed E-state index contributed by atoms with van der Waals surface area (Å²) in [4.78, 5) is 24.4. The van der Waals surface area contributed by atoms with Crippen LogP contribution in [0.15, 0.2) is 48.5 Å².